The van der Waals surface area contributed by atoms with Gasteiger partial charge in [-0.15, -0.1) is 0 Å². The van der Waals surface area contributed by atoms with Crippen LogP contribution in [0.3, 0.4) is 0 Å². The van der Waals surface area contributed by atoms with Crippen LogP contribution in [0.2, 0.25) is 0 Å². The third kappa shape index (κ3) is 2.67. The minimum Gasteiger partial charge on any atom is -0.506 e. The Labute approximate surface area is 89.3 Å². The zero-order valence-electron chi connectivity index (χ0n) is 8.81. The summed E-state index contributed by atoms with van der Waals surface area (Å²) in [4.78, 5) is 4.10. The molecule has 1 aromatic heterocycles. The fraction of sp³-hybridized carbons (Fsp3) is 0.545. The van der Waals surface area contributed by atoms with Crippen molar-refractivity contribution in [3.63, 3.8) is 0 Å². The van der Waals surface area contributed by atoms with Gasteiger partial charge in [-0.2, -0.15) is 0 Å². The fourth-order valence-electron chi connectivity index (χ4n) is 1.69. The molecule has 15 heavy (non-hydrogen) atoms. The van der Waals surface area contributed by atoms with E-state index >= 15 is 0 Å². The highest BCUT2D eigenvalue weighted by molar-refractivity contribution is 5.17. The first-order chi connectivity index (χ1) is 7.28. The lowest BCUT2D eigenvalue weighted by atomic mass is 9.89. The lowest BCUT2D eigenvalue weighted by molar-refractivity contribution is 0.0169. The number of nitrogens with one attached hydrogen (secondary N) is 1. The molecule has 0 atom stereocenters. The van der Waals surface area contributed by atoms with E-state index < -0.39 is 0 Å². The van der Waals surface area contributed by atoms with Crippen molar-refractivity contribution in [3.8, 4) is 5.75 Å². The van der Waals surface area contributed by atoms with E-state index in [1.807, 2.05) is 6.07 Å². The molecule has 0 aromatic carbocycles. The Balaban J connectivity index is 1.72. The van der Waals surface area contributed by atoms with Gasteiger partial charge in [-0.1, -0.05) is 0 Å². The molecule has 0 saturated heterocycles. The number of pyridine rings is 1. The Hall–Kier alpha value is -1.13. The summed E-state index contributed by atoms with van der Waals surface area (Å²) in [5.74, 6) is 0.210. The van der Waals surface area contributed by atoms with E-state index in [-0.39, 0.29) is 5.75 Å². The predicted molar refractivity (Wildman–Crippen MR) is 56.6 cm³/mol. The Kier molecular flexibility index (Phi) is 3.18. The molecule has 82 valence electrons. The predicted octanol–water partition coefficient (Wildman–Crippen LogP) is 1.05. The van der Waals surface area contributed by atoms with Crippen molar-refractivity contribution >= 4 is 0 Å². The molecule has 1 heterocycles. The minimum atomic E-state index is 0.210. The summed E-state index contributed by atoms with van der Waals surface area (Å²) in [5, 5.41) is 12.5. The van der Waals surface area contributed by atoms with Crippen molar-refractivity contribution in [3.05, 3.63) is 24.0 Å². The smallest absolute Gasteiger partial charge is 0.133 e. The van der Waals surface area contributed by atoms with Gasteiger partial charge < -0.3 is 15.2 Å². The monoisotopic (exact) mass is 208 g/mol. The summed E-state index contributed by atoms with van der Waals surface area (Å²) in [7, 11) is 1.75. The van der Waals surface area contributed by atoms with Crippen LogP contribution in [0.4, 0.5) is 0 Å². The van der Waals surface area contributed by atoms with Crippen LogP contribution in [-0.2, 0) is 11.3 Å². The average Bonchev–Trinajstić information content (AvgIpc) is 2.19. The number of aromatic nitrogens is 1. The number of aromatic hydroxyl groups is 1. The minimum absolute atomic E-state index is 0.210. The quantitative estimate of drug-likeness (QED) is 0.776. The van der Waals surface area contributed by atoms with Crippen LogP contribution in [0, 0.1) is 0 Å². The van der Waals surface area contributed by atoms with Crippen LogP contribution in [0.1, 0.15) is 18.5 Å². The van der Waals surface area contributed by atoms with Gasteiger partial charge in [-0.3, -0.25) is 4.98 Å². The average molecular weight is 208 g/mol. The number of rotatable bonds is 4. The van der Waals surface area contributed by atoms with Gasteiger partial charge in [0.15, 0.2) is 0 Å². The molecule has 1 aliphatic carbocycles. The molecule has 0 amide bonds. The van der Waals surface area contributed by atoms with Gasteiger partial charge in [-0.25, -0.2) is 0 Å². The van der Waals surface area contributed by atoms with Crippen LogP contribution in [0.5, 0.6) is 5.75 Å². The van der Waals surface area contributed by atoms with Crippen LogP contribution in [0.15, 0.2) is 18.3 Å². The summed E-state index contributed by atoms with van der Waals surface area (Å²) >= 11 is 0. The van der Waals surface area contributed by atoms with E-state index in [1.165, 1.54) is 6.20 Å². The Morgan fingerprint density at radius 3 is 2.93 bits per heavy atom. The molecule has 0 spiro atoms. The van der Waals surface area contributed by atoms with Crippen LogP contribution >= 0.6 is 0 Å². The number of hydrogen-bond acceptors (Lipinski definition) is 4. The molecule has 2 rings (SSSR count). The van der Waals surface area contributed by atoms with Gasteiger partial charge >= 0.3 is 0 Å². The second-order valence-corrected chi connectivity index (χ2v) is 3.91. The van der Waals surface area contributed by atoms with Crippen molar-refractivity contribution in [2.75, 3.05) is 7.11 Å². The molecular weight excluding hydrogens is 192 g/mol. The van der Waals surface area contributed by atoms with E-state index in [0.29, 0.717) is 12.1 Å². The highest BCUT2D eigenvalue weighted by Gasteiger charge is 2.28. The van der Waals surface area contributed by atoms with Gasteiger partial charge in [-0.05, 0) is 25.0 Å². The third-order valence-electron chi connectivity index (χ3n) is 2.81. The van der Waals surface area contributed by atoms with Crippen molar-refractivity contribution in [1.29, 1.82) is 0 Å². The number of ether oxygens (including phenoxy) is 1. The van der Waals surface area contributed by atoms with Crippen molar-refractivity contribution < 1.29 is 9.84 Å². The maximum absolute atomic E-state index is 9.06. The molecule has 0 aliphatic heterocycles. The molecule has 0 bridgehead atoms. The number of nitrogens with zero attached hydrogens (tertiary/aromatic N) is 1. The SMILES string of the molecule is COC1CC(NCc2ccc(O)cn2)C1. The normalized spacial score (nSPS) is 24.9. The lowest BCUT2D eigenvalue weighted by Gasteiger charge is -2.34. The highest BCUT2D eigenvalue weighted by atomic mass is 16.5. The molecule has 1 saturated carbocycles. The first kappa shape index (κ1) is 10.4. The van der Waals surface area contributed by atoms with Gasteiger partial charge in [0.1, 0.15) is 5.75 Å². The third-order valence-corrected chi connectivity index (χ3v) is 2.81. The summed E-state index contributed by atoms with van der Waals surface area (Å²) in [5.41, 5.74) is 0.952. The zero-order valence-corrected chi connectivity index (χ0v) is 8.81. The second kappa shape index (κ2) is 4.59. The van der Waals surface area contributed by atoms with Gasteiger partial charge in [0.2, 0.25) is 0 Å². The Morgan fingerprint density at radius 2 is 2.33 bits per heavy atom. The topological polar surface area (TPSA) is 54.4 Å². The van der Waals surface area contributed by atoms with Gasteiger partial charge in [0.25, 0.3) is 0 Å². The van der Waals surface area contributed by atoms with Gasteiger partial charge in [0.05, 0.1) is 18.0 Å². The first-order valence-electron chi connectivity index (χ1n) is 5.18. The van der Waals surface area contributed by atoms with Gasteiger partial charge in [0, 0.05) is 19.7 Å². The highest BCUT2D eigenvalue weighted by Crippen LogP contribution is 2.22. The first-order valence-corrected chi connectivity index (χ1v) is 5.18. The second-order valence-electron chi connectivity index (χ2n) is 3.91. The van der Waals surface area contributed by atoms with Crippen LogP contribution in [-0.4, -0.2) is 29.3 Å². The lowest BCUT2D eigenvalue weighted by Crippen LogP contribution is -2.44. The maximum Gasteiger partial charge on any atom is 0.133 e. The molecule has 4 nitrogen and oxygen atoms in total. The van der Waals surface area contributed by atoms with Crippen LogP contribution in [0.25, 0.3) is 0 Å². The number of methoxy groups -OCH3 is 1. The standard InChI is InChI=1S/C11H16N2O2/c1-15-11-4-9(5-11)12-6-8-2-3-10(14)7-13-8/h2-3,7,9,11-12,14H,4-6H2,1H3. The molecule has 4 heteroatoms. The summed E-state index contributed by atoms with van der Waals surface area (Å²) < 4.78 is 5.20. The number of hydrogen-bond donors (Lipinski definition) is 2. The molecule has 0 radical (unpaired) electrons. The van der Waals surface area contributed by atoms with E-state index in [1.54, 1.807) is 13.2 Å². The summed E-state index contributed by atoms with van der Waals surface area (Å²) in [6.45, 7) is 0.751. The fourth-order valence-corrected chi connectivity index (χ4v) is 1.69. The molecular formula is C11H16N2O2. The van der Waals surface area contributed by atoms with Crippen LogP contribution < -0.4 is 5.32 Å². The molecule has 1 aromatic rings. The Morgan fingerprint density at radius 1 is 1.53 bits per heavy atom. The Bertz CT molecular complexity index is 307. The molecule has 1 fully saturated rings. The molecule has 2 N–H and O–H groups in total. The van der Waals surface area contributed by atoms with Crippen molar-refractivity contribution in [2.45, 2.75) is 31.5 Å². The van der Waals surface area contributed by atoms with Crippen molar-refractivity contribution in [1.82, 2.24) is 10.3 Å². The van der Waals surface area contributed by atoms with Crippen molar-refractivity contribution in [2.24, 2.45) is 0 Å². The summed E-state index contributed by atoms with van der Waals surface area (Å²) in [6.07, 6.45) is 4.05. The maximum atomic E-state index is 9.06. The largest absolute Gasteiger partial charge is 0.506 e. The van der Waals surface area contributed by atoms with E-state index in [0.717, 1.165) is 25.1 Å². The molecule has 0 unspecified atom stereocenters. The van der Waals surface area contributed by atoms with E-state index in [4.69, 9.17) is 9.84 Å². The summed E-state index contributed by atoms with van der Waals surface area (Å²) in [6, 6.07) is 4.03. The van der Waals surface area contributed by atoms with E-state index in [9.17, 15) is 0 Å². The van der Waals surface area contributed by atoms with E-state index in [2.05, 4.69) is 10.3 Å². The molecule has 1 aliphatic rings. The zero-order chi connectivity index (χ0) is 10.7.